The first-order valence-electron chi connectivity index (χ1n) is 6.66. The van der Waals surface area contributed by atoms with Crippen molar-refractivity contribution in [2.45, 2.75) is 20.3 Å². The average Bonchev–Trinajstić information content (AvgIpc) is 2.40. The van der Waals surface area contributed by atoms with Crippen LogP contribution in [0.5, 0.6) is 5.75 Å². The van der Waals surface area contributed by atoms with Gasteiger partial charge >= 0.3 is 0 Å². The smallest absolute Gasteiger partial charge is 0.254 e. The number of aromatic hydroxyl groups is 1. The Morgan fingerprint density at radius 1 is 1.25 bits per heavy atom. The molecule has 0 aliphatic heterocycles. The standard InChI is InChI=1S/C15H22N2O3/c1-5-9-17(10-14(19)16(3)4)15(20)12-7-6-8-13(18)11(12)2/h6-8,18H,5,9-10H2,1-4H3. The molecule has 1 N–H and O–H groups in total. The minimum atomic E-state index is -0.226. The molecule has 0 atom stereocenters. The van der Waals surface area contributed by atoms with Crippen LogP contribution in [0.1, 0.15) is 29.3 Å². The lowest BCUT2D eigenvalue weighted by atomic mass is 10.1. The quantitative estimate of drug-likeness (QED) is 0.890. The summed E-state index contributed by atoms with van der Waals surface area (Å²) in [5, 5.41) is 9.68. The van der Waals surface area contributed by atoms with Gasteiger partial charge in [0.1, 0.15) is 12.3 Å². The summed E-state index contributed by atoms with van der Waals surface area (Å²) in [5.74, 6) is -0.258. The number of hydrogen-bond donors (Lipinski definition) is 1. The van der Waals surface area contributed by atoms with Crippen molar-refractivity contribution in [3.8, 4) is 5.75 Å². The number of hydrogen-bond acceptors (Lipinski definition) is 3. The van der Waals surface area contributed by atoms with Crippen LogP contribution >= 0.6 is 0 Å². The molecule has 0 heterocycles. The van der Waals surface area contributed by atoms with E-state index in [2.05, 4.69) is 0 Å². The van der Waals surface area contributed by atoms with Crippen LogP contribution in [0.4, 0.5) is 0 Å². The van der Waals surface area contributed by atoms with E-state index in [0.29, 0.717) is 17.7 Å². The van der Waals surface area contributed by atoms with Crippen molar-refractivity contribution in [1.82, 2.24) is 9.80 Å². The highest BCUT2D eigenvalue weighted by atomic mass is 16.3. The lowest BCUT2D eigenvalue weighted by Crippen LogP contribution is -2.40. The van der Waals surface area contributed by atoms with Crippen LogP contribution < -0.4 is 0 Å². The molecular weight excluding hydrogens is 256 g/mol. The molecule has 1 aromatic rings. The summed E-state index contributed by atoms with van der Waals surface area (Å²) in [5.41, 5.74) is 0.973. The Labute approximate surface area is 119 Å². The molecule has 1 aromatic carbocycles. The summed E-state index contributed by atoms with van der Waals surface area (Å²) in [6, 6.07) is 4.84. The molecule has 0 bridgehead atoms. The number of phenolic OH excluding ortho intramolecular Hbond substituents is 1. The molecule has 2 amide bonds. The molecule has 5 nitrogen and oxygen atoms in total. The lowest BCUT2D eigenvalue weighted by molar-refractivity contribution is -0.129. The van der Waals surface area contributed by atoms with E-state index >= 15 is 0 Å². The highest BCUT2D eigenvalue weighted by Crippen LogP contribution is 2.21. The van der Waals surface area contributed by atoms with E-state index < -0.39 is 0 Å². The van der Waals surface area contributed by atoms with Gasteiger partial charge in [-0.1, -0.05) is 13.0 Å². The van der Waals surface area contributed by atoms with Gasteiger partial charge in [0.25, 0.3) is 5.91 Å². The number of likely N-dealkylation sites (N-methyl/N-ethyl adjacent to an activating group) is 1. The molecule has 20 heavy (non-hydrogen) atoms. The van der Waals surface area contributed by atoms with E-state index in [9.17, 15) is 14.7 Å². The van der Waals surface area contributed by atoms with Gasteiger partial charge in [0, 0.05) is 31.8 Å². The number of nitrogens with zero attached hydrogens (tertiary/aromatic N) is 2. The first-order chi connectivity index (χ1) is 9.38. The molecule has 0 unspecified atom stereocenters. The number of phenols is 1. The normalized spacial score (nSPS) is 10.2. The van der Waals surface area contributed by atoms with Crippen molar-refractivity contribution < 1.29 is 14.7 Å². The predicted molar refractivity (Wildman–Crippen MR) is 77.7 cm³/mol. The number of carbonyl (C=O) groups is 2. The zero-order chi connectivity index (χ0) is 15.3. The largest absolute Gasteiger partial charge is 0.508 e. The number of benzene rings is 1. The SMILES string of the molecule is CCCN(CC(=O)N(C)C)C(=O)c1cccc(O)c1C. The summed E-state index contributed by atoms with van der Waals surface area (Å²) >= 11 is 0. The van der Waals surface area contributed by atoms with Gasteiger partial charge in [0.15, 0.2) is 0 Å². The maximum absolute atomic E-state index is 12.5. The number of amides is 2. The Balaban J connectivity index is 2.99. The summed E-state index contributed by atoms with van der Waals surface area (Å²) < 4.78 is 0. The summed E-state index contributed by atoms with van der Waals surface area (Å²) in [6.45, 7) is 4.21. The van der Waals surface area contributed by atoms with E-state index in [1.807, 2.05) is 6.92 Å². The fraction of sp³-hybridized carbons (Fsp3) is 0.467. The van der Waals surface area contributed by atoms with Gasteiger partial charge in [-0.05, 0) is 25.5 Å². The molecule has 0 fully saturated rings. The minimum absolute atomic E-state index is 0.0504. The summed E-state index contributed by atoms with van der Waals surface area (Å²) in [7, 11) is 3.33. The van der Waals surface area contributed by atoms with Crippen molar-refractivity contribution in [1.29, 1.82) is 0 Å². The molecule has 0 radical (unpaired) electrons. The third-order valence-electron chi connectivity index (χ3n) is 3.14. The summed E-state index contributed by atoms with van der Waals surface area (Å²) in [6.07, 6.45) is 0.768. The van der Waals surface area contributed by atoms with Crippen LogP contribution in [0.2, 0.25) is 0 Å². The maximum Gasteiger partial charge on any atom is 0.254 e. The molecule has 110 valence electrons. The van der Waals surface area contributed by atoms with Gasteiger partial charge in [-0.2, -0.15) is 0 Å². The van der Waals surface area contributed by atoms with Crippen LogP contribution in [-0.4, -0.2) is 53.9 Å². The Kier molecular flexibility index (Phi) is 5.55. The zero-order valence-corrected chi connectivity index (χ0v) is 12.5. The van der Waals surface area contributed by atoms with Gasteiger partial charge < -0.3 is 14.9 Å². The fourth-order valence-electron chi connectivity index (χ4n) is 1.85. The van der Waals surface area contributed by atoms with Crippen molar-refractivity contribution in [3.63, 3.8) is 0 Å². The minimum Gasteiger partial charge on any atom is -0.508 e. The van der Waals surface area contributed by atoms with Crippen molar-refractivity contribution in [2.75, 3.05) is 27.2 Å². The van der Waals surface area contributed by atoms with Crippen molar-refractivity contribution in [2.24, 2.45) is 0 Å². The molecule has 0 saturated carbocycles. The maximum atomic E-state index is 12.5. The van der Waals surface area contributed by atoms with Crippen molar-refractivity contribution >= 4 is 11.8 Å². The molecule has 1 rings (SSSR count). The Hall–Kier alpha value is -2.04. The second-order valence-corrected chi connectivity index (χ2v) is 4.96. The van der Waals surface area contributed by atoms with Gasteiger partial charge in [-0.15, -0.1) is 0 Å². The fourth-order valence-corrected chi connectivity index (χ4v) is 1.85. The second kappa shape index (κ2) is 6.93. The molecule has 5 heteroatoms. The highest BCUT2D eigenvalue weighted by Gasteiger charge is 2.21. The van der Waals surface area contributed by atoms with Crippen molar-refractivity contribution in [3.05, 3.63) is 29.3 Å². The topological polar surface area (TPSA) is 60.9 Å². The first kappa shape index (κ1) is 16.0. The van der Waals surface area contributed by atoms with Gasteiger partial charge in [-0.25, -0.2) is 0 Å². The molecular formula is C15H22N2O3. The van der Waals surface area contributed by atoms with Crippen LogP contribution in [0.3, 0.4) is 0 Å². The molecule has 0 aliphatic carbocycles. The van der Waals surface area contributed by atoms with E-state index in [0.717, 1.165) is 6.42 Å². The van der Waals surface area contributed by atoms with E-state index in [1.165, 1.54) is 9.80 Å². The third kappa shape index (κ3) is 3.73. The van der Waals surface area contributed by atoms with Crippen LogP contribution in [0.25, 0.3) is 0 Å². The number of rotatable bonds is 5. The molecule has 0 spiro atoms. The van der Waals surface area contributed by atoms with Gasteiger partial charge in [0.05, 0.1) is 0 Å². The number of carbonyl (C=O) groups excluding carboxylic acids is 2. The monoisotopic (exact) mass is 278 g/mol. The zero-order valence-electron chi connectivity index (χ0n) is 12.5. The molecule has 0 saturated heterocycles. The van der Waals surface area contributed by atoms with E-state index in [4.69, 9.17) is 0 Å². The molecule has 0 aliphatic rings. The second-order valence-electron chi connectivity index (χ2n) is 4.96. The predicted octanol–water partition coefficient (Wildman–Crippen LogP) is 1.64. The summed E-state index contributed by atoms with van der Waals surface area (Å²) in [4.78, 5) is 27.3. The molecule has 0 aromatic heterocycles. The highest BCUT2D eigenvalue weighted by molar-refractivity contribution is 5.98. The van der Waals surface area contributed by atoms with E-state index in [1.54, 1.807) is 39.2 Å². The Bertz CT molecular complexity index is 498. The van der Waals surface area contributed by atoms with Gasteiger partial charge in [-0.3, -0.25) is 9.59 Å². The van der Waals surface area contributed by atoms with E-state index in [-0.39, 0.29) is 24.1 Å². The average molecular weight is 278 g/mol. The van der Waals surface area contributed by atoms with Gasteiger partial charge in [0.2, 0.25) is 5.91 Å². The van der Waals surface area contributed by atoms with Crippen LogP contribution in [0.15, 0.2) is 18.2 Å². The lowest BCUT2D eigenvalue weighted by Gasteiger charge is -2.24. The van der Waals surface area contributed by atoms with Crippen LogP contribution in [0, 0.1) is 6.92 Å². The first-order valence-corrected chi connectivity index (χ1v) is 6.66. The Morgan fingerprint density at radius 2 is 1.90 bits per heavy atom. The van der Waals surface area contributed by atoms with Crippen LogP contribution in [-0.2, 0) is 4.79 Å². The Morgan fingerprint density at radius 3 is 2.45 bits per heavy atom. The third-order valence-corrected chi connectivity index (χ3v) is 3.14.